The quantitative estimate of drug-likeness (QED) is 0.518. The lowest BCUT2D eigenvalue weighted by atomic mass is 10.0. The molecule has 0 spiro atoms. The Labute approximate surface area is 156 Å². The van der Waals surface area contributed by atoms with Crippen molar-refractivity contribution in [3.8, 4) is 0 Å². The van der Waals surface area contributed by atoms with Crippen molar-refractivity contribution in [1.29, 1.82) is 0 Å². The number of esters is 2. The molecule has 0 aromatic heterocycles. The summed E-state index contributed by atoms with van der Waals surface area (Å²) in [5, 5.41) is 3.07. The summed E-state index contributed by atoms with van der Waals surface area (Å²) in [7, 11) is 1.26. The standard InChI is InChI=1S/C17H22ClNO5S/c1-11(2)8-13(17(22)23-3)19-15(20)9-24-16(21)10-25-14-7-5-4-6-12(14)18/h4-7,11,13H,8-10H2,1-3H3,(H,19,20). The number of carbonyl (C=O) groups is 3. The van der Waals surface area contributed by atoms with Crippen LogP contribution in [-0.2, 0) is 23.9 Å². The highest BCUT2D eigenvalue weighted by molar-refractivity contribution is 8.00. The van der Waals surface area contributed by atoms with E-state index in [9.17, 15) is 14.4 Å². The second-order valence-corrected chi connectivity index (χ2v) is 7.08. The number of amides is 1. The summed E-state index contributed by atoms with van der Waals surface area (Å²) in [5.41, 5.74) is 0. The van der Waals surface area contributed by atoms with Crippen molar-refractivity contribution in [3.05, 3.63) is 29.3 Å². The Morgan fingerprint density at radius 1 is 1.24 bits per heavy atom. The fourth-order valence-electron chi connectivity index (χ4n) is 1.95. The maximum Gasteiger partial charge on any atom is 0.328 e. The minimum absolute atomic E-state index is 0.0312. The molecule has 0 bridgehead atoms. The van der Waals surface area contributed by atoms with Gasteiger partial charge in [-0.15, -0.1) is 11.8 Å². The molecule has 6 nitrogen and oxygen atoms in total. The van der Waals surface area contributed by atoms with E-state index in [-0.39, 0.29) is 11.7 Å². The summed E-state index contributed by atoms with van der Waals surface area (Å²) in [6.07, 6.45) is 0.439. The van der Waals surface area contributed by atoms with Crippen molar-refractivity contribution in [2.75, 3.05) is 19.5 Å². The van der Waals surface area contributed by atoms with E-state index in [1.807, 2.05) is 19.9 Å². The number of nitrogens with one attached hydrogen (secondary N) is 1. The van der Waals surface area contributed by atoms with E-state index in [4.69, 9.17) is 16.3 Å². The molecule has 1 N–H and O–H groups in total. The Morgan fingerprint density at radius 3 is 2.52 bits per heavy atom. The second kappa shape index (κ2) is 11.0. The molecule has 0 saturated heterocycles. The smallest absolute Gasteiger partial charge is 0.328 e. The van der Waals surface area contributed by atoms with Crippen LogP contribution in [0.1, 0.15) is 20.3 Å². The van der Waals surface area contributed by atoms with Gasteiger partial charge in [-0.3, -0.25) is 9.59 Å². The Hall–Kier alpha value is -1.73. The van der Waals surface area contributed by atoms with E-state index < -0.39 is 30.5 Å². The highest BCUT2D eigenvalue weighted by atomic mass is 35.5. The van der Waals surface area contributed by atoms with Gasteiger partial charge in [0.1, 0.15) is 6.04 Å². The molecule has 0 fully saturated rings. The third-order valence-corrected chi connectivity index (χ3v) is 4.56. The van der Waals surface area contributed by atoms with Gasteiger partial charge in [-0.05, 0) is 24.5 Å². The monoisotopic (exact) mass is 387 g/mol. The summed E-state index contributed by atoms with van der Waals surface area (Å²) < 4.78 is 9.58. The van der Waals surface area contributed by atoms with Gasteiger partial charge in [0.15, 0.2) is 6.61 Å². The number of halogens is 1. The van der Waals surface area contributed by atoms with Gasteiger partial charge in [0, 0.05) is 4.90 Å². The van der Waals surface area contributed by atoms with Crippen LogP contribution in [0.4, 0.5) is 0 Å². The minimum atomic E-state index is -0.756. The first-order chi connectivity index (χ1) is 11.8. The van der Waals surface area contributed by atoms with Gasteiger partial charge in [-0.2, -0.15) is 0 Å². The molecule has 0 aliphatic carbocycles. The Balaban J connectivity index is 2.40. The predicted octanol–water partition coefficient (Wildman–Crippen LogP) is 2.68. The predicted molar refractivity (Wildman–Crippen MR) is 96.5 cm³/mol. The zero-order chi connectivity index (χ0) is 18.8. The SMILES string of the molecule is COC(=O)C(CC(C)C)NC(=O)COC(=O)CSc1ccccc1Cl. The molecule has 1 unspecified atom stereocenters. The number of methoxy groups -OCH3 is 1. The van der Waals surface area contributed by atoms with E-state index in [0.717, 1.165) is 4.90 Å². The number of benzene rings is 1. The van der Waals surface area contributed by atoms with Crippen LogP contribution in [-0.4, -0.2) is 43.4 Å². The van der Waals surface area contributed by atoms with E-state index in [1.54, 1.807) is 18.2 Å². The van der Waals surface area contributed by atoms with Gasteiger partial charge in [0.05, 0.1) is 17.9 Å². The molecule has 1 rings (SSSR count). The van der Waals surface area contributed by atoms with Crippen molar-refractivity contribution in [1.82, 2.24) is 5.32 Å². The molecule has 1 amide bonds. The first-order valence-electron chi connectivity index (χ1n) is 7.73. The van der Waals surface area contributed by atoms with Crippen molar-refractivity contribution >= 4 is 41.2 Å². The molecular formula is C17H22ClNO5S. The Bertz CT molecular complexity index is 608. The lowest BCUT2D eigenvalue weighted by molar-refractivity contribution is -0.149. The fraction of sp³-hybridized carbons (Fsp3) is 0.471. The third kappa shape index (κ3) is 8.27. The van der Waals surface area contributed by atoms with E-state index >= 15 is 0 Å². The molecule has 0 aliphatic rings. The topological polar surface area (TPSA) is 81.7 Å². The number of ether oxygens (including phenoxy) is 2. The molecule has 0 heterocycles. The molecule has 1 atom stereocenters. The third-order valence-electron chi connectivity index (χ3n) is 3.07. The highest BCUT2D eigenvalue weighted by Crippen LogP contribution is 2.26. The normalized spacial score (nSPS) is 11.7. The number of thioether (sulfide) groups is 1. The molecule has 1 aromatic carbocycles. The van der Waals surface area contributed by atoms with Crippen LogP contribution in [0.15, 0.2) is 29.2 Å². The first-order valence-corrected chi connectivity index (χ1v) is 9.10. The number of carbonyl (C=O) groups excluding carboxylic acids is 3. The molecule has 0 saturated carbocycles. The second-order valence-electron chi connectivity index (χ2n) is 5.65. The average Bonchev–Trinajstić information content (AvgIpc) is 2.57. The van der Waals surface area contributed by atoms with E-state index in [1.165, 1.54) is 18.9 Å². The highest BCUT2D eigenvalue weighted by Gasteiger charge is 2.23. The van der Waals surface area contributed by atoms with Crippen LogP contribution in [0.3, 0.4) is 0 Å². The van der Waals surface area contributed by atoms with Crippen LogP contribution < -0.4 is 5.32 Å². The molecule has 25 heavy (non-hydrogen) atoms. The lowest BCUT2D eigenvalue weighted by Gasteiger charge is -2.18. The summed E-state index contributed by atoms with van der Waals surface area (Å²) in [4.78, 5) is 36.0. The number of rotatable bonds is 9. The van der Waals surface area contributed by atoms with Gasteiger partial charge < -0.3 is 14.8 Å². The van der Waals surface area contributed by atoms with Crippen molar-refractivity contribution < 1.29 is 23.9 Å². The summed E-state index contributed by atoms with van der Waals surface area (Å²) >= 11 is 7.22. The average molecular weight is 388 g/mol. The van der Waals surface area contributed by atoms with Crippen LogP contribution in [0.25, 0.3) is 0 Å². The molecule has 0 aliphatic heterocycles. The van der Waals surface area contributed by atoms with Gasteiger partial charge in [0.25, 0.3) is 5.91 Å². The summed E-state index contributed by atoms with van der Waals surface area (Å²) in [6, 6.07) is 6.37. The zero-order valence-electron chi connectivity index (χ0n) is 14.4. The summed E-state index contributed by atoms with van der Waals surface area (Å²) in [5.74, 6) is -1.39. The minimum Gasteiger partial charge on any atom is -0.467 e. The van der Waals surface area contributed by atoms with Gasteiger partial charge >= 0.3 is 11.9 Å². The van der Waals surface area contributed by atoms with Crippen molar-refractivity contribution in [2.24, 2.45) is 5.92 Å². The fourth-order valence-corrected chi connectivity index (χ4v) is 2.99. The number of hydrogen-bond donors (Lipinski definition) is 1. The molecule has 0 radical (unpaired) electrons. The lowest BCUT2D eigenvalue weighted by Crippen LogP contribution is -2.44. The van der Waals surface area contributed by atoms with Gasteiger partial charge in [0.2, 0.25) is 0 Å². The maximum atomic E-state index is 11.9. The molecule has 138 valence electrons. The Morgan fingerprint density at radius 2 is 1.92 bits per heavy atom. The molecular weight excluding hydrogens is 366 g/mol. The van der Waals surface area contributed by atoms with Crippen LogP contribution in [0.2, 0.25) is 5.02 Å². The van der Waals surface area contributed by atoms with Crippen molar-refractivity contribution in [3.63, 3.8) is 0 Å². The van der Waals surface area contributed by atoms with Gasteiger partial charge in [-0.25, -0.2) is 4.79 Å². The maximum absolute atomic E-state index is 11.9. The van der Waals surface area contributed by atoms with Crippen molar-refractivity contribution in [2.45, 2.75) is 31.2 Å². The molecule has 8 heteroatoms. The van der Waals surface area contributed by atoms with E-state index in [2.05, 4.69) is 10.1 Å². The van der Waals surface area contributed by atoms with Crippen LogP contribution in [0, 0.1) is 5.92 Å². The first kappa shape index (κ1) is 21.3. The Kier molecular flexibility index (Phi) is 9.37. The number of hydrogen-bond acceptors (Lipinski definition) is 6. The molecule has 1 aromatic rings. The largest absolute Gasteiger partial charge is 0.467 e. The van der Waals surface area contributed by atoms with E-state index in [0.29, 0.717) is 11.4 Å². The van der Waals surface area contributed by atoms with Crippen LogP contribution >= 0.6 is 23.4 Å². The van der Waals surface area contributed by atoms with Gasteiger partial charge in [-0.1, -0.05) is 37.6 Å². The zero-order valence-corrected chi connectivity index (χ0v) is 16.0. The van der Waals surface area contributed by atoms with Crippen LogP contribution in [0.5, 0.6) is 0 Å². The summed E-state index contributed by atoms with van der Waals surface area (Å²) in [6.45, 7) is 3.40.